The van der Waals surface area contributed by atoms with E-state index in [9.17, 15) is 0 Å². The zero-order chi connectivity index (χ0) is 19.0. The summed E-state index contributed by atoms with van der Waals surface area (Å²) in [7, 11) is 7.81. The molecule has 0 amide bonds. The van der Waals surface area contributed by atoms with Crippen LogP contribution in [0.3, 0.4) is 0 Å². The highest BCUT2D eigenvalue weighted by atomic mass is 16.5. The molecule has 0 spiro atoms. The molecule has 0 saturated heterocycles. The van der Waals surface area contributed by atoms with E-state index in [2.05, 4.69) is 59.7 Å². The molecule has 0 unspecified atom stereocenters. The van der Waals surface area contributed by atoms with Gasteiger partial charge in [-0.25, -0.2) is 0 Å². The molecule has 1 fully saturated rings. The van der Waals surface area contributed by atoms with Crippen molar-refractivity contribution in [1.29, 1.82) is 0 Å². The van der Waals surface area contributed by atoms with Gasteiger partial charge in [0, 0.05) is 53.6 Å². The third kappa shape index (κ3) is 5.63. The summed E-state index contributed by atoms with van der Waals surface area (Å²) in [6.07, 6.45) is 6.34. The topological polar surface area (TPSA) is 48.9 Å². The maximum atomic E-state index is 5.33. The largest absolute Gasteiger partial charge is 0.385 e. The predicted octanol–water partition coefficient (Wildman–Crippen LogP) is 3.32. The van der Waals surface area contributed by atoms with Gasteiger partial charge in [-0.05, 0) is 48.8 Å². The number of aryl methyl sites for hydroxylation is 1. The van der Waals surface area contributed by atoms with Gasteiger partial charge in [-0.1, -0.05) is 25.0 Å². The van der Waals surface area contributed by atoms with Crippen molar-refractivity contribution in [3.8, 4) is 0 Å². The van der Waals surface area contributed by atoms with E-state index in [0.29, 0.717) is 5.41 Å². The number of nitrogens with zero attached hydrogens (tertiary/aromatic N) is 2. The monoisotopic (exact) mass is 360 g/mol. The molecule has 146 valence electrons. The first-order chi connectivity index (χ1) is 12.5. The molecule has 26 heavy (non-hydrogen) atoms. The number of ether oxygens (including phenoxy) is 1. The van der Waals surface area contributed by atoms with Gasteiger partial charge in [0.2, 0.25) is 0 Å². The van der Waals surface area contributed by atoms with E-state index in [0.717, 1.165) is 32.1 Å². The summed E-state index contributed by atoms with van der Waals surface area (Å²) in [4.78, 5) is 6.58. The summed E-state index contributed by atoms with van der Waals surface area (Å²) < 4.78 is 5.33. The summed E-state index contributed by atoms with van der Waals surface area (Å²) in [5.41, 5.74) is 4.16. The number of rotatable bonds is 8. The van der Waals surface area contributed by atoms with Gasteiger partial charge in [-0.15, -0.1) is 0 Å². The van der Waals surface area contributed by atoms with E-state index in [1.165, 1.54) is 42.5 Å². The van der Waals surface area contributed by atoms with Crippen molar-refractivity contribution < 1.29 is 4.74 Å². The lowest BCUT2D eigenvalue weighted by molar-refractivity contribution is 0.138. The molecule has 0 aromatic heterocycles. The van der Waals surface area contributed by atoms with Gasteiger partial charge < -0.3 is 20.3 Å². The molecule has 0 radical (unpaired) electrons. The molecule has 0 aliphatic heterocycles. The van der Waals surface area contributed by atoms with Gasteiger partial charge in [-0.2, -0.15) is 0 Å². The maximum Gasteiger partial charge on any atom is 0.191 e. The van der Waals surface area contributed by atoms with Crippen molar-refractivity contribution in [3.63, 3.8) is 0 Å². The highest BCUT2D eigenvalue weighted by Crippen LogP contribution is 2.40. The van der Waals surface area contributed by atoms with Crippen molar-refractivity contribution in [2.75, 3.05) is 46.3 Å². The third-order valence-corrected chi connectivity index (χ3v) is 5.52. The average Bonchev–Trinajstić information content (AvgIpc) is 3.10. The molecule has 2 rings (SSSR count). The first-order valence-corrected chi connectivity index (χ1v) is 9.70. The standard InChI is InChI=1S/C21H36N4O/c1-17-8-9-18(19(14-17)25(3)4)15-23-20(22-2)24-16-21(12-13-26-5)10-6-7-11-21/h8-9,14H,6-7,10-13,15-16H2,1-5H3,(H2,22,23,24). The minimum atomic E-state index is 0.353. The lowest BCUT2D eigenvalue weighted by Gasteiger charge is -2.30. The van der Waals surface area contributed by atoms with Crippen LogP contribution in [-0.4, -0.2) is 47.4 Å². The minimum Gasteiger partial charge on any atom is -0.385 e. The van der Waals surface area contributed by atoms with Gasteiger partial charge in [0.05, 0.1) is 0 Å². The fourth-order valence-electron chi connectivity index (χ4n) is 3.87. The van der Waals surface area contributed by atoms with Crippen molar-refractivity contribution in [3.05, 3.63) is 29.3 Å². The van der Waals surface area contributed by atoms with Crippen LogP contribution in [0.15, 0.2) is 23.2 Å². The lowest BCUT2D eigenvalue weighted by Crippen LogP contribution is -2.43. The summed E-state index contributed by atoms with van der Waals surface area (Å²) in [6.45, 7) is 4.69. The molecule has 5 nitrogen and oxygen atoms in total. The Morgan fingerprint density at radius 2 is 1.96 bits per heavy atom. The molecular weight excluding hydrogens is 324 g/mol. The van der Waals surface area contributed by atoms with Crippen LogP contribution >= 0.6 is 0 Å². The Morgan fingerprint density at radius 3 is 2.58 bits per heavy atom. The van der Waals surface area contributed by atoms with Crippen molar-refractivity contribution in [1.82, 2.24) is 10.6 Å². The van der Waals surface area contributed by atoms with Crippen LogP contribution in [0.5, 0.6) is 0 Å². The molecule has 1 saturated carbocycles. The zero-order valence-electron chi connectivity index (χ0n) is 17.2. The van der Waals surface area contributed by atoms with E-state index in [1.54, 1.807) is 7.11 Å². The summed E-state index contributed by atoms with van der Waals surface area (Å²) in [5.74, 6) is 0.874. The van der Waals surface area contributed by atoms with Crippen LogP contribution in [0.1, 0.15) is 43.2 Å². The first kappa shape index (κ1) is 20.6. The number of hydrogen-bond donors (Lipinski definition) is 2. The second-order valence-electron chi connectivity index (χ2n) is 7.76. The van der Waals surface area contributed by atoms with Crippen LogP contribution in [-0.2, 0) is 11.3 Å². The first-order valence-electron chi connectivity index (χ1n) is 9.70. The normalized spacial score (nSPS) is 16.6. The molecule has 1 aliphatic carbocycles. The molecule has 5 heteroatoms. The van der Waals surface area contributed by atoms with Crippen molar-refractivity contribution in [2.24, 2.45) is 10.4 Å². The van der Waals surface area contributed by atoms with Gasteiger partial charge in [0.1, 0.15) is 0 Å². The third-order valence-electron chi connectivity index (χ3n) is 5.52. The van der Waals surface area contributed by atoms with Crippen LogP contribution in [0.25, 0.3) is 0 Å². The maximum absolute atomic E-state index is 5.33. The fourth-order valence-corrected chi connectivity index (χ4v) is 3.87. The van der Waals surface area contributed by atoms with Gasteiger partial charge >= 0.3 is 0 Å². The number of anilines is 1. The highest BCUT2D eigenvalue weighted by Gasteiger charge is 2.33. The summed E-state index contributed by atoms with van der Waals surface area (Å²) in [6, 6.07) is 6.59. The molecular formula is C21H36N4O. The number of hydrogen-bond acceptors (Lipinski definition) is 3. The quantitative estimate of drug-likeness (QED) is 0.551. The van der Waals surface area contributed by atoms with Gasteiger partial charge in [0.25, 0.3) is 0 Å². The summed E-state index contributed by atoms with van der Waals surface area (Å²) in [5, 5.41) is 7.04. The van der Waals surface area contributed by atoms with Crippen LogP contribution in [0, 0.1) is 12.3 Å². The number of guanidine groups is 1. The van der Waals surface area contributed by atoms with Crippen molar-refractivity contribution >= 4 is 11.6 Å². The second kappa shape index (κ2) is 9.81. The Morgan fingerprint density at radius 1 is 1.23 bits per heavy atom. The Balaban J connectivity index is 1.94. The zero-order valence-corrected chi connectivity index (χ0v) is 17.2. The molecule has 1 aromatic carbocycles. The Bertz CT molecular complexity index is 592. The minimum absolute atomic E-state index is 0.353. The molecule has 1 aromatic rings. The van der Waals surface area contributed by atoms with Gasteiger partial charge in [-0.3, -0.25) is 4.99 Å². The van der Waals surface area contributed by atoms with Crippen molar-refractivity contribution in [2.45, 2.75) is 45.6 Å². The number of methoxy groups -OCH3 is 1. The SMILES string of the molecule is CN=C(NCc1ccc(C)cc1N(C)C)NCC1(CCOC)CCCC1. The van der Waals surface area contributed by atoms with Crippen LogP contribution in [0.4, 0.5) is 5.69 Å². The average molecular weight is 361 g/mol. The van der Waals surface area contributed by atoms with E-state index in [1.807, 2.05) is 7.05 Å². The number of benzene rings is 1. The smallest absolute Gasteiger partial charge is 0.191 e. The predicted molar refractivity (Wildman–Crippen MR) is 111 cm³/mol. The van der Waals surface area contributed by atoms with E-state index < -0.39 is 0 Å². The molecule has 2 N–H and O–H groups in total. The summed E-state index contributed by atoms with van der Waals surface area (Å²) >= 11 is 0. The van der Waals surface area contributed by atoms with E-state index in [4.69, 9.17) is 4.74 Å². The molecule has 0 bridgehead atoms. The highest BCUT2D eigenvalue weighted by molar-refractivity contribution is 5.79. The number of nitrogens with one attached hydrogen (secondary N) is 2. The number of aliphatic imine (C=N–C) groups is 1. The van der Waals surface area contributed by atoms with Crippen LogP contribution in [0.2, 0.25) is 0 Å². The Labute approximate surface area is 159 Å². The molecule has 1 aliphatic rings. The van der Waals surface area contributed by atoms with E-state index >= 15 is 0 Å². The van der Waals surface area contributed by atoms with Crippen LogP contribution < -0.4 is 15.5 Å². The second-order valence-corrected chi connectivity index (χ2v) is 7.76. The Hall–Kier alpha value is -1.75. The Kier molecular flexibility index (Phi) is 7.76. The van der Waals surface area contributed by atoms with Gasteiger partial charge in [0.15, 0.2) is 5.96 Å². The fraction of sp³-hybridized carbons (Fsp3) is 0.667. The van der Waals surface area contributed by atoms with E-state index in [-0.39, 0.29) is 0 Å². The molecule has 0 atom stereocenters. The lowest BCUT2D eigenvalue weighted by atomic mass is 9.83. The molecule has 0 heterocycles.